The molecule has 2 aromatic rings. The number of nitrogens with one attached hydrogen (secondary N) is 6. The molecule has 1 aliphatic heterocycles. The lowest BCUT2D eigenvalue weighted by Crippen LogP contribution is -2.62. The van der Waals surface area contributed by atoms with Crippen LogP contribution in [0.2, 0.25) is 0 Å². The molecule has 400 valence electrons. The third-order valence-corrected chi connectivity index (χ3v) is 12.8. The number of carboxylic acid groups (broad SMARTS) is 1. The van der Waals surface area contributed by atoms with Crippen molar-refractivity contribution in [3.8, 4) is 11.5 Å². The number of thioether (sulfide) groups is 1. The standard InChI is InChI=1S/C50H77N9O12S/c1-28(2)24-35(52)43(63)53-36(20-23-72-6)44(64)57-40(27-32-14-18-34(62)19-15-32)49(69)59-22-9-11-41(59)47(67)58-42(30(5)60)48(68)56-39(26-31-12-16-33(61)17-13-31)46(66)55-38(25-29(3)4)45(65)54-37(50(70)71)10-7-8-21-51/h12-19,28-30,35-42,60-62H,7-11,20-27,51-52H2,1-6H3,(H,53,63)(H,54,65)(H,55,66)(H,56,68)(H,57,64)(H,58,67)(H,70,71)/t30-,35+,36+,37+,38+,39+,40+,41+,42+/m1/s1. The molecule has 1 heterocycles. The fourth-order valence-corrected chi connectivity index (χ4v) is 8.70. The molecule has 0 radical (unpaired) electrons. The van der Waals surface area contributed by atoms with Crippen LogP contribution in [0.5, 0.6) is 11.5 Å². The van der Waals surface area contributed by atoms with Crippen LogP contribution in [0.15, 0.2) is 48.5 Å². The van der Waals surface area contributed by atoms with Gasteiger partial charge in [0.25, 0.3) is 0 Å². The molecule has 7 amide bonds. The van der Waals surface area contributed by atoms with Gasteiger partial charge in [0.05, 0.1) is 12.1 Å². The van der Waals surface area contributed by atoms with Crippen LogP contribution in [-0.4, -0.2) is 152 Å². The number of hydrogen-bond acceptors (Lipinski definition) is 14. The molecular formula is C50H77N9O12S. The molecule has 9 atom stereocenters. The van der Waals surface area contributed by atoms with E-state index in [9.17, 15) is 58.8 Å². The summed E-state index contributed by atoms with van der Waals surface area (Å²) < 4.78 is 0. The second kappa shape index (κ2) is 30.2. The Balaban J connectivity index is 1.90. The second-order valence-corrected chi connectivity index (χ2v) is 20.2. The first-order valence-electron chi connectivity index (χ1n) is 24.6. The van der Waals surface area contributed by atoms with Gasteiger partial charge in [-0.1, -0.05) is 52.0 Å². The molecule has 21 nitrogen and oxygen atoms in total. The van der Waals surface area contributed by atoms with E-state index in [-0.39, 0.29) is 68.4 Å². The normalized spacial score (nSPS) is 16.8. The van der Waals surface area contributed by atoms with Crippen molar-refractivity contribution in [3.63, 3.8) is 0 Å². The van der Waals surface area contributed by atoms with Gasteiger partial charge in [0.15, 0.2) is 0 Å². The number of aliphatic carboxylic acids is 1. The van der Waals surface area contributed by atoms with E-state index in [4.69, 9.17) is 11.5 Å². The largest absolute Gasteiger partial charge is 0.508 e. The van der Waals surface area contributed by atoms with Crippen LogP contribution in [0.25, 0.3) is 0 Å². The SMILES string of the molecule is CSCC[C@H](NC(=O)[C@@H](N)CC(C)C)C(=O)N[C@@H](Cc1ccc(O)cc1)C(=O)N1CCC[C@H]1C(=O)N[C@H](C(=O)N[C@@H](Cc1ccc(O)cc1)C(=O)N[C@@H](CC(C)C)C(=O)N[C@@H](CCCCN)C(=O)O)[C@@H](C)O. The number of unbranched alkanes of at least 4 members (excludes halogenated alkanes) is 1. The number of rotatable bonds is 30. The smallest absolute Gasteiger partial charge is 0.326 e. The van der Waals surface area contributed by atoms with Crippen LogP contribution in [0.3, 0.4) is 0 Å². The van der Waals surface area contributed by atoms with E-state index in [1.54, 1.807) is 26.0 Å². The first kappa shape index (κ1) is 60.3. The molecule has 72 heavy (non-hydrogen) atoms. The fourth-order valence-electron chi connectivity index (χ4n) is 8.23. The number of aliphatic hydroxyl groups excluding tert-OH is 1. The third-order valence-electron chi connectivity index (χ3n) is 12.1. The maximum atomic E-state index is 14.6. The summed E-state index contributed by atoms with van der Waals surface area (Å²) in [5, 5.41) is 56.5. The van der Waals surface area contributed by atoms with Crippen LogP contribution in [0.4, 0.5) is 0 Å². The third kappa shape index (κ3) is 19.9. The predicted octanol–water partition coefficient (Wildman–Crippen LogP) is 0.550. The minimum atomic E-state index is -1.68. The number of phenolic OH excluding ortho intramolecular Hbond substituents is 2. The van der Waals surface area contributed by atoms with Crippen molar-refractivity contribution in [1.29, 1.82) is 0 Å². The van der Waals surface area contributed by atoms with Crippen molar-refractivity contribution in [3.05, 3.63) is 59.7 Å². The van der Waals surface area contributed by atoms with Gasteiger partial charge in [-0.05, 0) is 124 Å². The maximum Gasteiger partial charge on any atom is 0.326 e. The van der Waals surface area contributed by atoms with Crippen molar-refractivity contribution >= 4 is 59.1 Å². The van der Waals surface area contributed by atoms with Crippen LogP contribution < -0.4 is 43.4 Å². The lowest BCUT2D eigenvalue weighted by atomic mass is 10.00. The Kier molecular flexibility index (Phi) is 25.3. The molecule has 1 aliphatic rings. The second-order valence-electron chi connectivity index (χ2n) is 19.2. The van der Waals surface area contributed by atoms with Crippen molar-refractivity contribution in [1.82, 2.24) is 36.8 Å². The van der Waals surface area contributed by atoms with E-state index in [0.29, 0.717) is 49.1 Å². The predicted molar refractivity (Wildman–Crippen MR) is 272 cm³/mol. The topological polar surface area (TPSA) is 345 Å². The zero-order valence-corrected chi connectivity index (χ0v) is 43.0. The molecule has 22 heteroatoms. The van der Waals surface area contributed by atoms with Gasteiger partial charge < -0.3 is 68.7 Å². The minimum absolute atomic E-state index is 0.0257. The summed E-state index contributed by atoms with van der Waals surface area (Å²) in [6.45, 7) is 9.10. The van der Waals surface area contributed by atoms with Gasteiger partial charge in [-0.15, -0.1) is 0 Å². The highest BCUT2D eigenvalue weighted by Gasteiger charge is 2.41. The molecule has 0 saturated carbocycles. The molecule has 0 aromatic heterocycles. The number of phenols is 2. The lowest BCUT2D eigenvalue weighted by Gasteiger charge is -2.31. The number of amides is 7. The summed E-state index contributed by atoms with van der Waals surface area (Å²) in [7, 11) is 0. The highest BCUT2D eigenvalue weighted by atomic mass is 32.2. The Labute approximate surface area is 426 Å². The maximum absolute atomic E-state index is 14.6. The summed E-state index contributed by atoms with van der Waals surface area (Å²) in [6.07, 6.45) is 2.31. The Morgan fingerprint density at radius 3 is 1.68 bits per heavy atom. The Hall–Kier alpha value is -5.97. The molecule has 0 spiro atoms. The highest BCUT2D eigenvalue weighted by Crippen LogP contribution is 2.22. The molecule has 1 saturated heterocycles. The minimum Gasteiger partial charge on any atom is -0.508 e. The van der Waals surface area contributed by atoms with Crippen LogP contribution in [-0.2, 0) is 51.2 Å². The summed E-state index contributed by atoms with van der Waals surface area (Å²) >= 11 is 1.46. The number of carbonyl (C=O) groups is 8. The van der Waals surface area contributed by atoms with Crippen molar-refractivity contribution < 1.29 is 58.8 Å². The summed E-state index contributed by atoms with van der Waals surface area (Å²) in [5.74, 6) is -6.13. The summed E-state index contributed by atoms with van der Waals surface area (Å²) in [6, 6.07) is 1.79. The average Bonchev–Trinajstić information content (AvgIpc) is 3.82. The van der Waals surface area contributed by atoms with Gasteiger partial charge in [0.2, 0.25) is 41.4 Å². The van der Waals surface area contributed by atoms with E-state index in [1.165, 1.54) is 60.0 Å². The number of aliphatic hydroxyl groups is 1. The zero-order valence-electron chi connectivity index (χ0n) is 42.2. The van der Waals surface area contributed by atoms with Crippen molar-refractivity contribution in [2.75, 3.05) is 25.1 Å². The van der Waals surface area contributed by atoms with Crippen LogP contribution >= 0.6 is 11.8 Å². The van der Waals surface area contributed by atoms with Gasteiger partial charge in [0.1, 0.15) is 53.8 Å². The highest BCUT2D eigenvalue weighted by molar-refractivity contribution is 7.98. The Morgan fingerprint density at radius 1 is 0.653 bits per heavy atom. The number of aromatic hydroxyl groups is 2. The molecular weight excluding hydrogens is 951 g/mol. The van der Waals surface area contributed by atoms with Crippen molar-refractivity contribution in [2.24, 2.45) is 23.3 Å². The molecule has 3 rings (SSSR count). The van der Waals surface area contributed by atoms with Crippen LogP contribution in [0.1, 0.15) is 97.1 Å². The quantitative estimate of drug-likeness (QED) is 0.0476. The molecule has 14 N–H and O–H groups in total. The van der Waals surface area contributed by atoms with Crippen LogP contribution in [0, 0.1) is 11.8 Å². The molecule has 2 aromatic carbocycles. The van der Waals surface area contributed by atoms with E-state index in [0.717, 1.165) is 0 Å². The summed E-state index contributed by atoms with van der Waals surface area (Å²) in [4.78, 5) is 111. The van der Waals surface area contributed by atoms with E-state index in [2.05, 4.69) is 31.9 Å². The first-order chi connectivity index (χ1) is 34.0. The monoisotopic (exact) mass is 1030 g/mol. The van der Waals surface area contributed by atoms with E-state index < -0.39 is 102 Å². The van der Waals surface area contributed by atoms with E-state index >= 15 is 0 Å². The molecule has 0 unspecified atom stereocenters. The van der Waals surface area contributed by atoms with Gasteiger partial charge in [-0.2, -0.15) is 11.8 Å². The lowest BCUT2D eigenvalue weighted by molar-refractivity contribution is -0.143. The van der Waals surface area contributed by atoms with Crippen molar-refractivity contribution in [2.45, 2.75) is 153 Å². The zero-order chi connectivity index (χ0) is 53.7. The number of hydrogen-bond donors (Lipinski definition) is 12. The van der Waals surface area contributed by atoms with Gasteiger partial charge >= 0.3 is 5.97 Å². The Bertz CT molecular complexity index is 2110. The van der Waals surface area contributed by atoms with Gasteiger partial charge in [0, 0.05) is 19.4 Å². The Morgan fingerprint density at radius 2 is 1.15 bits per heavy atom. The molecule has 1 fully saturated rings. The number of nitrogens with zero attached hydrogens (tertiary/aromatic N) is 1. The first-order valence-corrected chi connectivity index (χ1v) is 26.0. The average molecular weight is 1030 g/mol. The van der Waals surface area contributed by atoms with E-state index in [1.807, 2.05) is 20.1 Å². The number of likely N-dealkylation sites (tertiary alicyclic amines) is 1. The number of nitrogens with two attached hydrogens (primary N) is 2. The van der Waals surface area contributed by atoms with Gasteiger partial charge in [-0.3, -0.25) is 33.6 Å². The number of carboxylic acids is 1. The molecule has 0 bridgehead atoms. The number of carbonyl (C=O) groups excluding carboxylic acids is 7. The van der Waals surface area contributed by atoms with Gasteiger partial charge in [-0.25, -0.2) is 4.79 Å². The summed E-state index contributed by atoms with van der Waals surface area (Å²) in [5.41, 5.74) is 12.7. The number of benzene rings is 2. The molecule has 0 aliphatic carbocycles. The fraction of sp³-hybridized carbons (Fsp3) is 0.600.